The summed E-state index contributed by atoms with van der Waals surface area (Å²) in [6, 6.07) is 7.88. The van der Waals surface area contributed by atoms with Crippen molar-refractivity contribution in [3.8, 4) is 5.75 Å². The number of ether oxygens (including phenoxy) is 1. The third-order valence-corrected chi connectivity index (χ3v) is 4.63. The van der Waals surface area contributed by atoms with Gasteiger partial charge < -0.3 is 4.74 Å². The molecule has 2 rings (SSSR count). The third-order valence-electron chi connectivity index (χ3n) is 2.60. The van der Waals surface area contributed by atoms with Crippen molar-refractivity contribution in [3.05, 3.63) is 56.6 Å². The van der Waals surface area contributed by atoms with Gasteiger partial charge in [0.2, 0.25) is 0 Å². The molecule has 1 aromatic heterocycles. The Balaban J connectivity index is 2.17. The highest BCUT2D eigenvalue weighted by Crippen LogP contribution is 2.23. The van der Waals surface area contributed by atoms with E-state index in [2.05, 4.69) is 0 Å². The number of carbonyl (C=O) groups is 1. The van der Waals surface area contributed by atoms with Crippen molar-refractivity contribution in [3.63, 3.8) is 0 Å². The molecule has 0 radical (unpaired) electrons. The summed E-state index contributed by atoms with van der Waals surface area (Å²) in [6.45, 7) is 0. The van der Waals surface area contributed by atoms with Crippen LogP contribution in [-0.2, 0) is 10.0 Å². The summed E-state index contributed by atoms with van der Waals surface area (Å²) in [4.78, 5) is 12.8. The van der Waals surface area contributed by atoms with Crippen LogP contribution < -0.4 is 9.46 Å². The van der Waals surface area contributed by atoms with E-state index in [0.717, 1.165) is 10.3 Å². The van der Waals surface area contributed by atoms with E-state index in [1.165, 1.54) is 42.7 Å². The van der Waals surface area contributed by atoms with Gasteiger partial charge >= 0.3 is 0 Å². The van der Waals surface area contributed by atoms with Crippen molar-refractivity contribution in [2.75, 3.05) is 7.11 Å². The van der Waals surface area contributed by atoms with Crippen LogP contribution in [0.15, 0.2) is 41.1 Å². The first-order valence-corrected chi connectivity index (χ1v) is 8.84. The Morgan fingerprint density at radius 1 is 1.36 bits per heavy atom. The summed E-state index contributed by atoms with van der Waals surface area (Å²) in [5.41, 5.74) is 0.0833. The van der Waals surface area contributed by atoms with Crippen LogP contribution in [-0.4, -0.2) is 21.4 Å². The van der Waals surface area contributed by atoms with Gasteiger partial charge in [-0.3, -0.25) is 4.79 Å². The van der Waals surface area contributed by atoms with E-state index in [0.29, 0.717) is 5.02 Å². The Kier molecular flexibility index (Phi) is 5.23. The zero-order valence-electron chi connectivity index (χ0n) is 11.4. The van der Waals surface area contributed by atoms with Gasteiger partial charge in [0.1, 0.15) is 5.75 Å². The maximum absolute atomic E-state index is 12.1. The van der Waals surface area contributed by atoms with Crippen LogP contribution >= 0.6 is 22.9 Å². The minimum atomic E-state index is -3.90. The third kappa shape index (κ3) is 4.33. The summed E-state index contributed by atoms with van der Waals surface area (Å²) in [5, 5.41) is 3.15. The highest BCUT2D eigenvalue weighted by molar-refractivity contribution is 7.93. The normalized spacial score (nSPS) is 11.5. The van der Waals surface area contributed by atoms with Crippen LogP contribution in [0, 0.1) is 0 Å². The van der Waals surface area contributed by atoms with Crippen LogP contribution in [0.3, 0.4) is 0 Å². The minimum Gasteiger partial charge on any atom is -0.496 e. The van der Waals surface area contributed by atoms with E-state index in [9.17, 15) is 13.2 Å². The van der Waals surface area contributed by atoms with Crippen molar-refractivity contribution in [2.45, 2.75) is 0 Å². The van der Waals surface area contributed by atoms with Crippen LogP contribution in [0.4, 0.5) is 0 Å². The van der Waals surface area contributed by atoms with Crippen molar-refractivity contribution in [1.82, 2.24) is 4.72 Å². The molecular formula is C14H12ClNO4S2. The highest BCUT2D eigenvalue weighted by Gasteiger charge is 2.17. The summed E-state index contributed by atoms with van der Waals surface area (Å²) < 4.78 is 30.8. The summed E-state index contributed by atoms with van der Waals surface area (Å²) >= 11 is 7.19. The number of nitrogens with one attached hydrogen (secondary N) is 1. The van der Waals surface area contributed by atoms with Gasteiger partial charge in [-0.15, -0.1) is 11.3 Å². The van der Waals surface area contributed by atoms with Gasteiger partial charge in [-0.1, -0.05) is 17.7 Å². The number of methoxy groups -OCH3 is 1. The van der Waals surface area contributed by atoms with Gasteiger partial charge in [-0.2, -0.15) is 0 Å². The van der Waals surface area contributed by atoms with Crippen LogP contribution in [0.5, 0.6) is 5.75 Å². The molecule has 5 nitrogen and oxygen atoms in total. The van der Waals surface area contributed by atoms with Crippen LogP contribution in [0.1, 0.15) is 15.2 Å². The number of benzene rings is 1. The number of sulfonamides is 1. The van der Waals surface area contributed by atoms with Gasteiger partial charge in [0.25, 0.3) is 15.9 Å². The lowest BCUT2D eigenvalue weighted by atomic mass is 10.2. The predicted molar refractivity (Wildman–Crippen MR) is 87.7 cm³/mol. The van der Waals surface area contributed by atoms with Crippen LogP contribution in [0.25, 0.3) is 6.08 Å². The molecule has 0 saturated carbocycles. The van der Waals surface area contributed by atoms with Gasteiger partial charge in [0, 0.05) is 9.90 Å². The second kappa shape index (κ2) is 6.95. The molecule has 0 aliphatic carbocycles. The Morgan fingerprint density at radius 3 is 2.77 bits per heavy atom. The largest absolute Gasteiger partial charge is 0.496 e. The topological polar surface area (TPSA) is 72.5 Å². The molecule has 116 valence electrons. The number of thiophene rings is 1. The molecule has 0 atom stereocenters. The number of rotatable bonds is 5. The fourth-order valence-electron chi connectivity index (χ4n) is 1.61. The molecule has 0 unspecified atom stereocenters. The van der Waals surface area contributed by atoms with Crippen molar-refractivity contribution in [1.29, 1.82) is 0 Å². The quantitative estimate of drug-likeness (QED) is 0.892. The average Bonchev–Trinajstić information content (AvgIpc) is 2.97. The number of carbonyl (C=O) groups excluding carboxylic acids is 1. The molecule has 1 N–H and O–H groups in total. The van der Waals surface area contributed by atoms with E-state index >= 15 is 0 Å². The molecule has 0 aliphatic heterocycles. The zero-order valence-corrected chi connectivity index (χ0v) is 13.8. The number of hydrogen-bond acceptors (Lipinski definition) is 5. The molecule has 0 saturated heterocycles. The number of amides is 1. The van der Waals surface area contributed by atoms with Crippen molar-refractivity contribution in [2.24, 2.45) is 0 Å². The Bertz CT molecular complexity index is 798. The molecule has 1 amide bonds. The molecule has 1 aromatic carbocycles. The van der Waals surface area contributed by atoms with Gasteiger partial charge in [0.15, 0.2) is 0 Å². The maximum Gasteiger partial charge on any atom is 0.268 e. The fourth-order valence-corrected chi connectivity index (χ4v) is 3.24. The molecule has 0 fully saturated rings. The average molecular weight is 358 g/mol. The monoisotopic (exact) mass is 357 g/mol. The molecule has 0 spiro atoms. The van der Waals surface area contributed by atoms with E-state index in [1.807, 2.05) is 10.1 Å². The van der Waals surface area contributed by atoms with Gasteiger partial charge in [0.05, 0.1) is 18.1 Å². The maximum atomic E-state index is 12.1. The van der Waals surface area contributed by atoms with Crippen LogP contribution in [0.2, 0.25) is 5.02 Å². The van der Waals surface area contributed by atoms with E-state index < -0.39 is 15.9 Å². The number of halogens is 1. The first-order valence-electron chi connectivity index (χ1n) is 6.03. The lowest BCUT2D eigenvalue weighted by Gasteiger charge is -2.08. The molecule has 0 bridgehead atoms. The molecule has 8 heteroatoms. The fraction of sp³-hybridized carbons (Fsp3) is 0.0714. The van der Waals surface area contributed by atoms with E-state index in [-0.39, 0.29) is 11.3 Å². The predicted octanol–water partition coefficient (Wildman–Crippen LogP) is 3.14. The zero-order chi connectivity index (χ0) is 16.2. The smallest absolute Gasteiger partial charge is 0.268 e. The van der Waals surface area contributed by atoms with Gasteiger partial charge in [-0.05, 0) is 35.7 Å². The summed E-state index contributed by atoms with van der Waals surface area (Å²) in [7, 11) is -2.53. The molecule has 22 heavy (non-hydrogen) atoms. The Labute approximate surface area is 137 Å². The Morgan fingerprint density at radius 2 is 2.14 bits per heavy atom. The first kappa shape index (κ1) is 16.5. The summed E-state index contributed by atoms with van der Waals surface area (Å²) in [5.74, 6) is -0.591. The van der Waals surface area contributed by atoms with E-state index in [4.69, 9.17) is 16.3 Å². The van der Waals surface area contributed by atoms with E-state index in [1.54, 1.807) is 12.1 Å². The molecule has 0 aliphatic rings. The second-order valence-electron chi connectivity index (χ2n) is 4.14. The lowest BCUT2D eigenvalue weighted by molar-refractivity contribution is 0.0979. The SMILES string of the molecule is COc1cc(Cl)ccc1C(=O)NS(=O)(=O)C=Cc1cccs1. The first-order chi connectivity index (χ1) is 10.4. The molecular weight excluding hydrogens is 346 g/mol. The second-order valence-corrected chi connectivity index (χ2v) is 7.12. The molecule has 2 aromatic rings. The highest BCUT2D eigenvalue weighted by atomic mass is 35.5. The molecule has 1 heterocycles. The standard InChI is InChI=1S/C14H12ClNO4S2/c1-20-13-9-10(15)4-5-12(13)14(17)16-22(18,19)8-6-11-3-2-7-21-11/h2-9H,1H3,(H,16,17). The lowest BCUT2D eigenvalue weighted by Crippen LogP contribution is -2.29. The number of hydrogen-bond donors (Lipinski definition) is 1. The van der Waals surface area contributed by atoms with Gasteiger partial charge in [-0.25, -0.2) is 13.1 Å². The van der Waals surface area contributed by atoms with Crippen molar-refractivity contribution >= 4 is 44.9 Å². The van der Waals surface area contributed by atoms with Crippen molar-refractivity contribution < 1.29 is 17.9 Å². The minimum absolute atomic E-state index is 0.0833. The Hall–Kier alpha value is -1.83. The summed E-state index contributed by atoms with van der Waals surface area (Å²) in [6.07, 6.45) is 1.42.